The van der Waals surface area contributed by atoms with Gasteiger partial charge in [-0.1, -0.05) is 17.7 Å². The van der Waals surface area contributed by atoms with Crippen molar-refractivity contribution in [3.63, 3.8) is 0 Å². The molecule has 1 aromatic carbocycles. The monoisotopic (exact) mass is 305 g/mol. The number of ketones is 1. The number of carbonyl (C=O) groups is 1. The lowest BCUT2D eigenvalue weighted by Crippen LogP contribution is -2.39. The number of Topliss-reactive ketones (excluding diaryl/α,β-unsaturated/α-hetero) is 1. The lowest BCUT2D eigenvalue weighted by atomic mass is 9.87. The summed E-state index contributed by atoms with van der Waals surface area (Å²) in [5.41, 5.74) is 2.48. The van der Waals surface area contributed by atoms with Crippen molar-refractivity contribution in [3.05, 3.63) is 41.1 Å². The minimum atomic E-state index is -3.63. The van der Waals surface area contributed by atoms with E-state index in [1.165, 1.54) is 4.31 Å². The van der Waals surface area contributed by atoms with E-state index in [1.807, 2.05) is 6.92 Å². The summed E-state index contributed by atoms with van der Waals surface area (Å²) >= 11 is 0. The highest BCUT2D eigenvalue weighted by atomic mass is 32.2. The molecular weight excluding hydrogens is 286 g/mol. The molecule has 1 saturated heterocycles. The predicted molar refractivity (Wildman–Crippen MR) is 80.2 cm³/mol. The van der Waals surface area contributed by atoms with Crippen LogP contribution < -0.4 is 0 Å². The van der Waals surface area contributed by atoms with Crippen molar-refractivity contribution in [3.8, 4) is 0 Å². The smallest absolute Gasteiger partial charge is 0.264 e. The zero-order valence-electron chi connectivity index (χ0n) is 12.1. The van der Waals surface area contributed by atoms with E-state index in [0.29, 0.717) is 25.1 Å². The Hall–Kier alpha value is -1.62. The molecule has 2 fully saturated rings. The van der Waals surface area contributed by atoms with Crippen molar-refractivity contribution in [2.24, 2.45) is 0 Å². The number of nitrogens with zero attached hydrogens (tertiary/aromatic N) is 1. The first kappa shape index (κ1) is 14.3. The molecule has 0 spiro atoms. The molecule has 3 rings (SSSR count). The second kappa shape index (κ2) is 5.30. The van der Waals surface area contributed by atoms with Crippen LogP contribution in [-0.4, -0.2) is 25.1 Å². The van der Waals surface area contributed by atoms with E-state index in [-0.39, 0.29) is 10.7 Å². The molecule has 1 heterocycles. The van der Waals surface area contributed by atoms with Gasteiger partial charge in [-0.3, -0.25) is 9.10 Å². The molecule has 112 valence electrons. The third-order valence-electron chi connectivity index (χ3n) is 4.18. The normalized spacial score (nSPS) is 19.7. The van der Waals surface area contributed by atoms with Crippen LogP contribution in [0.3, 0.4) is 0 Å². The number of allylic oxidation sites excluding steroid dienone is 2. The van der Waals surface area contributed by atoms with E-state index in [2.05, 4.69) is 0 Å². The third-order valence-corrected chi connectivity index (χ3v) is 5.99. The van der Waals surface area contributed by atoms with E-state index in [0.717, 1.165) is 30.4 Å². The van der Waals surface area contributed by atoms with Crippen LogP contribution in [0.2, 0.25) is 0 Å². The fourth-order valence-electron chi connectivity index (χ4n) is 2.79. The second-order valence-electron chi connectivity index (χ2n) is 5.72. The Balaban J connectivity index is 2.04. The minimum Gasteiger partial charge on any atom is -0.293 e. The SMILES string of the molecule is Cc1ccc(S(=O)(=O)N2CCCC(=O)C2=C2CCC2)cc1. The Bertz CT molecular complexity index is 696. The van der Waals surface area contributed by atoms with Crippen LogP contribution in [0.1, 0.15) is 37.7 Å². The molecule has 21 heavy (non-hydrogen) atoms. The minimum absolute atomic E-state index is 0.0216. The summed E-state index contributed by atoms with van der Waals surface area (Å²) in [6.45, 7) is 2.32. The summed E-state index contributed by atoms with van der Waals surface area (Å²) in [5.74, 6) is -0.0216. The maximum atomic E-state index is 12.8. The van der Waals surface area contributed by atoms with Crippen molar-refractivity contribution in [2.75, 3.05) is 6.54 Å². The van der Waals surface area contributed by atoms with E-state index in [9.17, 15) is 13.2 Å². The molecule has 0 atom stereocenters. The maximum absolute atomic E-state index is 12.8. The third kappa shape index (κ3) is 2.50. The highest BCUT2D eigenvalue weighted by Crippen LogP contribution is 2.36. The zero-order chi connectivity index (χ0) is 15.0. The highest BCUT2D eigenvalue weighted by molar-refractivity contribution is 7.89. The van der Waals surface area contributed by atoms with Gasteiger partial charge in [0.2, 0.25) is 0 Å². The number of hydrogen-bond acceptors (Lipinski definition) is 3. The zero-order valence-corrected chi connectivity index (χ0v) is 12.9. The second-order valence-corrected chi connectivity index (χ2v) is 7.58. The average Bonchev–Trinajstić information content (AvgIpc) is 2.39. The standard InChI is InChI=1S/C16H19NO3S/c1-12-7-9-14(10-8-12)21(19,20)17-11-3-6-15(18)16(17)13-4-2-5-13/h7-10H,2-6,11H2,1H3. The Kier molecular flexibility index (Phi) is 3.61. The van der Waals surface area contributed by atoms with Gasteiger partial charge in [-0.2, -0.15) is 0 Å². The molecule has 0 N–H and O–H groups in total. The van der Waals surface area contributed by atoms with E-state index in [4.69, 9.17) is 0 Å². The van der Waals surface area contributed by atoms with Gasteiger partial charge in [0.15, 0.2) is 5.78 Å². The van der Waals surface area contributed by atoms with Gasteiger partial charge < -0.3 is 0 Å². The van der Waals surface area contributed by atoms with Crippen LogP contribution in [0.4, 0.5) is 0 Å². The summed E-state index contributed by atoms with van der Waals surface area (Å²) in [5, 5.41) is 0. The molecular formula is C16H19NO3S. The van der Waals surface area contributed by atoms with E-state index in [1.54, 1.807) is 24.3 Å². The van der Waals surface area contributed by atoms with E-state index >= 15 is 0 Å². The summed E-state index contributed by atoms with van der Waals surface area (Å²) in [6.07, 6.45) is 3.80. The number of sulfonamides is 1. The van der Waals surface area contributed by atoms with Gasteiger partial charge in [0.25, 0.3) is 10.0 Å². The first-order valence-electron chi connectivity index (χ1n) is 7.35. The van der Waals surface area contributed by atoms with Gasteiger partial charge in [0.1, 0.15) is 0 Å². The molecule has 0 amide bonds. The van der Waals surface area contributed by atoms with Crippen molar-refractivity contribution < 1.29 is 13.2 Å². The quantitative estimate of drug-likeness (QED) is 0.790. The molecule has 1 aliphatic carbocycles. The largest absolute Gasteiger partial charge is 0.293 e. The molecule has 0 unspecified atom stereocenters. The van der Waals surface area contributed by atoms with Gasteiger partial charge in [-0.15, -0.1) is 0 Å². The number of aryl methyl sites for hydroxylation is 1. The molecule has 0 radical (unpaired) electrons. The number of hydrogen-bond donors (Lipinski definition) is 0. The lowest BCUT2D eigenvalue weighted by molar-refractivity contribution is -0.117. The fourth-order valence-corrected chi connectivity index (χ4v) is 4.37. The Morgan fingerprint density at radius 3 is 2.24 bits per heavy atom. The van der Waals surface area contributed by atoms with Gasteiger partial charge in [-0.25, -0.2) is 8.42 Å². The Morgan fingerprint density at radius 1 is 1.00 bits per heavy atom. The number of rotatable bonds is 2. The molecule has 1 aliphatic heterocycles. The average molecular weight is 305 g/mol. The molecule has 0 aromatic heterocycles. The van der Waals surface area contributed by atoms with Crippen LogP contribution in [0.5, 0.6) is 0 Å². The van der Waals surface area contributed by atoms with Crippen LogP contribution in [0.15, 0.2) is 40.4 Å². The van der Waals surface area contributed by atoms with Crippen LogP contribution in [0.25, 0.3) is 0 Å². The highest BCUT2D eigenvalue weighted by Gasteiger charge is 2.35. The van der Waals surface area contributed by atoms with Crippen molar-refractivity contribution >= 4 is 15.8 Å². The first-order valence-corrected chi connectivity index (χ1v) is 8.79. The molecule has 4 nitrogen and oxygen atoms in total. The lowest BCUT2D eigenvalue weighted by Gasteiger charge is -2.34. The van der Waals surface area contributed by atoms with Gasteiger partial charge in [0.05, 0.1) is 10.6 Å². The molecule has 2 aliphatic rings. The number of piperidine rings is 1. The molecule has 1 saturated carbocycles. The van der Waals surface area contributed by atoms with Crippen molar-refractivity contribution in [1.82, 2.24) is 4.31 Å². The van der Waals surface area contributed by atoms with Crippen molar-refractivity contribution in [1.29, 1.82) is 0 Å². The molecule has 5 heteroatoms. The molecule has 0 bridgehead atoms. The maximum Gasteiger partial charge on any atom is 0.264 e. The van der Waals surface area contributed by atoms with Crippen LogP contribution >= 0.6 is 0 Å². The molecule has 1 aromatic rings. The van der Waals surface area contributed by atoms with Gasteiger partial charge in [0, 0.05) is 13.0 Å². The van der Waals surface area contributed by atoms with Gasteiger partial charge in [-0.05, 0) is 50.3 Å². The summed E-state index contributed by atoms with van der Waals surface area (Å²) in [6, 6.07) is 6.81. The van der Waals surface area contributed by atoms with Crippen LogP contribution in [-0.2, 0) is 14.8 Å². The topological polar surface area (TPSA) is 54.5 Å². The summed E-state index contributed by atoms with van der Waals surface area (Å²) < 4.78 is 27.0. The number of carbonyl (C=O) groups excluding carboxylic acids is 1. The summed E-state index contributed by atoms with van der Waals surface area (Å²) in [7, 11) is -3.63. The fraction of sp³-hybridized carbons (Fsp3) is 0.438. The van der Waals surface area contributed by atoms with E-state index < -0.39 is 10.0 Å². The predicted octanol–water partition coefficient (Wildman–Crippen LogP) is 2.79. The number of benzene rings is 1. The summed E-state index contributed by atoms with van der Waals surface area (Å²) in [4.78, 5) is 12.5. The van der Waals surface area contributed by atoms with Gasteiger partial charge >= 0.3 is 0 Å². The van der Waals surface area contributed by atoms with Crippen molar-refractivity contribution in [2.45, 2.75) is 43.9 Å². The Morgan fingerprint density at radius 2 is 1.67 bits per heavy atom. The first-order chi connectivity index (χ1) is 10.00. The Labute approximate surface area is 125 Å². The van der Waals surface area contributed by atoms with Crippen LogP contribution in [0, 0.1) is 6.92 Å².